The molecule has 2 aromatic rings. The molecule has 3 heterocycles. The first-order chi connectivity index (χ1) is 14.3. The number of hydrogen-bond donors (Lipinski definition) is 1. The topological polar surface area (TPSA) is 73.7 Å². The highest BCUT2D eigenvalue weighted by Crippen LogP contribution is 2.43. The lowest BCUT2D eigenvalue weighted by Crippen LogP contribution is -2.34. The molecule has 0 aromatic carbocycles. The molecular formula is C22H29N3O3S2. The van der Waals surface area contributed by atoms with E-state index >= 15 is 0 Å². The van der Waals surface area contributed by atoms with E-state index < -0.39 is 17.7 Å². The van der Waals surface area contributed by atoms with Crippen molar-refractivity contribution in [3.63, 3.8) is 0 Å². The van der Waals surface area contributed by atoms with Crippen LogP contribution in [0.25, 0.3) is 0 Å². The van der Waals surface area contributed by atoms with Gasteiger partial charge in [0.25, 0.3) is 5.91 Å². The number of hydrogen-bond acceptors (Lipinski definition) is 7. The number of rotatable bonds is 9. The molecular weight excluding hydrogens is 418 g/mol. The molecule has 1 unspecified atom stereocenters. The number of thiophene rings is 1. The van der Waals surface area contributed by atoms with Crippen LogP contribution in [-0.2, 0) is 4.79 Å². The lowest BCUT2D eigenvalue weighted by atomic mass is 9.98. The van der Waals surface area contributed by atoms with E-state index in [0.29, 0.717) is 17.1 Å². The Labute approximate surface area is 185 Å². The molecule has 162 valence electrons. The molecule has 0 saturated carbocycles. The second-order valence-corrected chi connectivity index (χ2v) is 9.64. The van der Waals surface area contributed by atoms with Crippen molar-refractivity contribution in [2.45, 2.75) is 47.1 Å². The third-order valence-electron chi connectivity index (χ3n) is 5.58. The minimum atomic E-state index is -0.552. The Morgan fingerprint density at radius 1 is 1.27 bits per heavy atom. The molecule has 1 N–H and O–H groups in total. The molecule has 1 amide bonds. The summed E-state index contributed by atoms with van der Waals surface area (Å²) in [5, 5.41) is 13.5. The molecule has 6 nitrogen and oxygen atoms in total. The van der Waals surface area contributed by atoms with Crippen LogP contribution in [0.1, 0.15) is 57.1 Å². The number of Topliss-reactive ketones (excluding diaryl/α,β-unsaturated/α-hetero) is 1. The smallest absolute Gasteiger partial charge is 0.290 e. The van der Waals surface area contributed by atoms with Crippen molar-refractivity contribution in [3.05, 3.63) is 48.8 Å². The van der Waals surface area contributed by atoms with Crippen LogP contribution in [0.2, 0.25) is 0 Å². The van der Waals surface area contributed by atoms with Crippen LogP contribution in [0.3, 0.4) is 0 Å². The van der Waals surface area contributed by atoms with E-state index in [0.717, 1.165) is 41.5 Å². The van der Waals surface area contributed by atoms with Crippen LogP contribution in [0.5, 0.6) is 0 Å². The summed E-state index contributed by atoms with van der Waals surface area (Å²) in [5.74, 6) is -1.19. The highest BCUT2D eigenvalue weighted by molar-refractivity contribution is 7.14. The summed E-state index contributed by atoms with van der Waals surface area (Å²) < 4.78 is 0. The summed E-state index contributed by atoms with van der Waals surface area (Å²) in [6.07, 6.45) is 0.780. The Balaban J connectivity index is 1.96. The summed E-state index contributed by atoms with van der Waals surface area (Å²) in [7, 11) is 0. The molecule has 0 radical (unpaired) electrons. The lowest BCUT2D eigenvalue weighted by Gasteiger charge is -2.27. The quantitative estimate of drug-likeness (QED) is 0.575. The summed E-state index contributed by atoms with van der Waals surface area (Å²) in [4.78, 5) is 36.2. The number of nitrogens with zero attached hydrogens (tertiary/aromatic N) is 3. The largest absolute Gasteiger partial charge is 0.503 e. The van der Waals surface area contributed by atoms with E-state index in [1.807, 2.05) is 25.3 Å². The first kappa shape index (κ1) is 22.7. The Hall–Kier alpha value is -2.03. The number of ketones is 1. The Kier molecular flexibility index (Phi) is 7.10. The molecule has 3 rings (SSSR count). The SMILES string of the molecule is CCN(CC)CCCN1C(=O)C(O)=C(C(=O)c2sc(C)nc2C)C1c1sccc1C. The van der Waals surface area contributed by atoms with Crippen LogP contribution in [0.4, 0.5) is 0 Å². The van der Waals surface area contributed by atoms with E-state index in [1.54, 1.807) is 11.8 Å². The number of thiazole rings is 1. The maximum absolute atomic E-state index is 13.4. The fourth-order valence-electron chi connectivity index (χ4n) is 3.92. The molecule has 1 aliphatic heterocycles. The molecule has 0 fully saturated rings. The average Bonchev–Trinajstić information content (AvgIpc) is 3.35. The van der Waals surface area contributed by atoms with Crippen molar-refractivity contribution in [1.29, 1.82) is 0 Å². The average molecular weight is 448 g/mol. The fraction of sp³-hybridized carbons (Fsp3) is 0.500. The normalized spacial score (nSPS) is 16.9. The van der Waals surface area contributed by atoms with Crippen molar-refractivity contribution in [1.82, 2.24) is 14.8 Å². The molecule has 1 aliphatic rings. The Morgan fingerprint density at radius 2 is 1.97 bits per heavy atom. The molecule has 0 aliphatic carbocycles. The van der Waals surface area contributed by atoms with Gasteiger partial charge in [0.05, 0.1) is 27.2 Å². The van der Waals surface area contributed by atoms with Crippen molar-refractivity contribution >= 4 is 34.4 Å². The summed E-state index contributed by atoms with van der Waals surface area (Å²) >= 11 is 2.82. The standard InChI is InChI=1S/C22H29N3O3S2/c1-6-24(7-2)10-8-11-25-17(20-13(3)9-12-29-20)16(19(27)22(25)28)18(26)21-14(4)23-15(5)30-21/h9,12,17,27H,6-8,10-11H2,1-5H3. The zero-order valence-electron chi connectivity index (χ0n) is 18.2. The molecule has 0 bridgehead atoms. The van der Waals surface area contributed by atoms with Gasteiger partial charge in [-0.25, -0.2) is 4.98 Å². The van der Waals surface area contributed by atoms with Crippen molar-refractivity contribution in [2.75, 3.05) is 26.2 Å². The minimum absolute atomic E-state index is 0.181. The number of amides is 1. The predicted octanol–water partition coefficient (Wildman–Crippen LogP) is 4.44. The van der Waals surface area contributed by atoms with Crippen LogP contribution in [0.15, 0.2) is 22.8 Å². The van der Waals surface area contributed by atoms with Crippen molar-refractivity contribution < 1.29 is 14.7 Å². The van der Waals surface area contributed by atoms with Crippen LogP contribution in [0, 0.1) is 20.8 Å². The van der Waals surface area contributed by atoms with Gasteiger partial charge in [-0.15, -0.1) is 22.7 Å². The van der Waals surface area contributed by atoms with E-state index in [-0.39, 0.29) is 11.4 Å². The number of carbonyl (C=O) groups is 2. The predicted molar refractivity (Wildman–Crippen MR) is 121 cm³/mol. The number of aliphatic hydroxyl groups excluding tert-OH is 1. The third-order valence-corrected chi connectivity index (χ3v) is 7.72. The summed E-state index contributed by atoms with van der Waals surface area (Å²) in [5.41, 5.74) is 1.83. The number of carbonyl (C=O) groups excluding carboxylic acids is 2. The Bertz CT molecular complexity index is 972. The van der Waals surface area contributed by atoms with Crippen LogP contribution < -0.4 is 0 Å². The van der Waals surface area contributed by atoms with E-state index in [2.05, 4.69) is 23.7 Å². The first-order valence-electron chi connectivity index (χ1n) is 10.3. The molecule has 1 atom stereocenters. The summed E-state index contributed by atoms with van der Waals surface area (Å²) in [6.45, 7) is 13.1. The number of aliphatic hydroxyl groups is 1. The van der Waals surface area contributed by atoms with Gasteiger partial charge in [-0.3, -0.25) is 9.59 Å². The maximum atomic E-state index is 13.4. The molecule has 0 spiro atoms. The van der Waals surface area contributed by atoms with Crippen molar-refractivity contribution in [3.8, 4) is 0 Å². The van der Waals surface area contributed by atoms with Gasteiger partial charge in [0.1, 0.15) is 0 Å². The van der Waals surface area contributed by atoms with E-state index in [1.165, 1.54) is 22.7 Å². The maximum Gasteiger partial charge on any atom is 0.290 e. The number of aromatic nitrogens is 1. The zero-order valence-corrected chi connectivity index (χ0v) is 19.8. The van der Waals surface area contributed by atoms with Crippen molar-refractivity contribution in [2.24, 2.45) is 0 Å². The van der Waals surface area contributed by atoms with E-state index in [4.69, 9.17) is 0 Å². The molecule has 0 saturated heterocycles. The van der Waals surface area contributed by atoms with Gasteiger partial charge in [0, 0.05) is 11.4 Å². The van der Waals surface area contributed by atoms with Gasteiger partial charge in [0.15, 0.2) is 5.76 Å². The summed E-state index contributed by atoms with van der Waals surface area (Å²) in [6, 6.07) is 1.43. The Morgan fingerprint density at radius 3 is 2.50 bits per heavy atom. The van der Waals surface area contributed by atoms with Crippen LogP contribution >= 0.6 is 22.7 Å². The molecule has 2 aromatic heterocycles. The fourth-order valence-corrected chi connectivity index (χ4v) is 5.84. The number of aryl methyl sites for hydroxylation is 3. The second kappa shape index (κ2) is 9.41. The monoisotopic (exact) mass is 447 g/mol. The first-order valence-corrected chi connectivity index (χ1v) is 12.0. The lowest BCUT2D eigenvalue weighted by molar-refractivity contribution is -0.129. The molecule has 8 heteroatoms. The molecule has 30 heavy (non-hydrogen) atoms. The zero-order chi connectivity index (χ0) is 22.0. The van der Waals surface area contributed by atoms with Gasteiger partial charge in [-0.2, -0.15) is 0 Å². The highest BCUT2D eigenvalue weighted by atomic mass is 32.1. The van der Waals surface area contributed by atoms with Gasteiger partial charge in [-0.1, -0.05) is 13.8 Å². The van der Waals surface area contributed by atoms with Gasteiger partial charge in [0.2, 0.25) is 5.78 Å². The van der Waals surface area contributed by atoms with Gasteiger partial charge >= 0.3 is 0 Å². The van der Waals surface area contributed by atoms with E-state index in [9.17, 15) is 14.7 Å². The van der Waals surface area contributed by atoms with Gasteiger partial charge in [-0.05, 0) is 63.8 Å². The van der Waals surface area contributed by atoms with Gasteiger partial charge < -0.3 is 14.9 Å². The van der Waals surface area contributed by atoms with Crippen LogP contribution in [-0.4, -0.2) is 57.8 Å². The highest BCUT2D eigenvalue weighted by Gasteiger charge is 2.45. The minimum Gasteiger partial charge on any atom is -0.503 e. The third kappa shape index (κ3) is 4.22. The second-order valence-electron chi connectivity index (χ2n) is 7.49.